The van der Waals surface area contributed by atoms with Crippen LogP contribution in [-0.4, -0.2) is 78.8 Å². The minimum absolute atomic E-state index is 0.0809. The van der Waals surface area contributed by atoms with Crippen molar-refractivity contribution < 1.29 is 29.4 Å². The van der Waals surface area contributed by atoms with Crippen LogP contribution in [0.1, 0.15) is 96.0 Å². The van der Waals surface area contributed by atoms with Gasteiger partial charge in [-0.1, -0.05) is 43.2 Å². The summed E-state index contributed by atoms with van der Waals surface area (Å²) in [5, 5.41) is 23.2. The number of piperidine rings is 2. The summed E-state index contributed by atoms with van der Waals surface area (Å²) in [6.45, 7) is 10.0. The van der Waals surface area contributed by atoms with Crippen LogP contribution in [0, 0.1) is 27.7 Å². The molecule has 2 fully saturated rings. The number of carboxylic acid groups (broad SMARTS) is 2. The van der Waals surface area contributed by atoms with E-state index < -0.39 is 24.0 Å². The second-order valence-corrected chi connectivity index (χ2v) is 16.0. The fourth-order valence-electron chi connectivity index (χ4n) is 7.31. The molecule has 1 amide bonds. The van der Waals surface area contributed by atoms with E-state index in [1.807, 2.05) is 73.9 Å². The molecule has 13 heteroatoms. The van der Waals surface area contributed by atoms with Crippen molar-refractivity contribution in [1.82, 2.24) is 19.8 Å². The van der Waals surface area contributed by atoms with Crippen molar-refractivity contribution in [2.24, 2.45) is 0 Å². The van der Waals surface area contributed by atoms with Gasteiger partial charge in [0, 0.05) is 35.0 Å². The predicted octanol–water partition coefficient (Wildman–Crippen LogP) is 7.06. The Morgan fingerprint density at radius 1 is 0.731 bits per heavy atom. The number of anilines is 1. The Balaban J connectivity index is 1.15. The van der Waals surface area contributed by atoms with Gasteiger partial charge in [-0.25, -0.2) is 9.97 Å². The Kier molecular flexibility index (Phi) is 11.6. The molecule has 11 nitrogen and oxygen atoms in total. The molecule has 2 aliphatic rings. The minimum atomic E-state index is -0.812. The van der Waals surface area contributed by atoms with Crippen LogP contribution in [0.15, 0.2) is 36.4 Å². The highest BCUT2D eigenvalue weighted by Gasteiger charge is 2.31. The van der Waals surface area contributed by atoms with Gasteiger partial charge in [-0.2, -0.15) is 0 Å². The summed E-state index contributed by atoms with van der Waals surface area (Å²) >= 11 is 2.66. The summed E-state index contributed by atoms with van der Waals surface area (Å²) in [5.41, 5.74) is 6.78. The van der Waals surface area contributed by atoms with Crippen LogP contribution in [0.25, 0.3) is 11.1 Å². The number of ketones is 1. The molecule has 0 radical (unpaired) electrons. The zero-order valence-corrected chi connectivity index (χ0v) is 31.7. The van der Waals surface area contributed by atoms with Gasteiger partial charge in [0.25, 0.3) is 5.91 Å². The molecule has 4 heterocycles. The molecule has 0 bridgehead atoms. The smallest absolute Gasteiger partial charge is 0.320 e. The summed E-state index contributed by atoms with van der Waals surface area (Å²) < 4.78 is 0. The molecule has 3 N–H and O–H groups in total. The van der Waals surface area contributed by atoms with E-state index >= 15 is 0 Å². The normalized spacial score (nSPS) is 18.3. The average Bonchev–Trinajstić information content (AvgIpc) is 3.68. The molecule has 2 aromatic carbocycles. The van der Waals surface area contributed by atoms with Crippen LogP contribution in [0.5, 0.6) is 0 Å². The molecule has 0 saturated carbocycles. The van der Waals surface area contributed by atoms with Crippen molar-refractivity contribution in [3.05, 3.63) is 84.2 Å². The molecule has 6 rings (SSSR count). The lowest BCUT2D eigenvalue weighted by Gasteiger charge is -2.32. The first-order chi connectivity index (χ1) is 24.9. The van der Waals surface area contributed by atoms with E-state index in [0.29, 0.717) is 48.2 Å². The number of carboxylic acids is 2. The van der Waals surface area contributed by atoms with Gasteiger partial charge in [-0.15, -0.1) is 22.7 Å². The molecule has 2 aromatic heterocycles. The standard InChI is InChI=1S/C39H45N5O6S2/c1-22-26(19-32(45)36-40-24(3)33(51-36)20-43-17-7-5-15-30(43)38(47)48)11-9-12-27(22)28-13-10-14-29(23(28)2)42-35(46)37-41-25(4)34(52-37)21-44-18-8-6-16-31(44)39(49)50/h9-14,30-31H,5-8,15-21H2,1-4H3,(H,42,46)(H,47,48)(H,49,50)/t30-,31-/m0/s1. The number of thiazole rings is 2. The highest BCUT2D eigenvalue weighted by molar-refractivity contribution is 7.14. The highest BCUT2D eigenvalue weighted by Crippen LogP contribution is 2.34. The Bertz CT molecular complexity index is 1860. The number of carbonyl (C=O) groups excluding carboxylic acids is 2. The summed E-state index contributed by atoms with van der Waals surface area (Å²) in [6.07, 6.45) is 5.15. The second-order valence-electron chi connectivity index (χ2n) is 13.8. The van der Waals surface area contributed by atoms with Gasteiger partial charge in [-0.3, -0.25) is 29.0 Å². The molecule has 2 aliphatic heterocycles. The number of aliphatic carboxylic acids is 2. The van der Waals surface area contributed by atoms with Crippen LogP contribution in [0.3, 0.4) is 0 Å². The Hall–Kier alpha value is -4.30. The third kappa shape index (κ3) is 8.17. The lowest BCUT2D eigenvalue weighted by atomic mass is 9.91. The molecule has 0 aliphatic carbocycles. The number of hydrogen-bond donors (Lipinski definition) is 3. The monoisotopic (exact) mass is 743 g/mol. The first kappa shape index (κ1) is 37.5. The van der Waals surface area contributed by atoms with Gasteiger partial charge in [0.05, 0.1) is 11.4 Å². The van der Waals surface area contributed by atoms with Crippen LogP contribution in [-0.2, 0) is 29.1 Å². The van der Waals surface area contributed by atoms with E-state index in [1.165, 1.54) is 22.7 Å². The Morgan fingerprint density at radius 3 is 1.83 bits per heavy atom. The fraction of sp³-hybridized carbons (Fsp3) is 0.436. The first-order valence-corrected chi connectivity index (χ1v) is 19.4. The van der Waals surface area contributed by atoms with E-state index in [1.54, 1.807) is 0 Å². The van der Waals surface area contributed by atoms with Crippen molar-refractivity contribution in [1.29, 1.82) is 0 Å². The number of rotatable bonds is 12. The average molecular weight is 744 g/mol. The molecule has 52 heavy (non-hydrogen) atoms. The Labute approximate surface area is 311 Å². The number of nitrogens with one attached hydrogen (secondary N) is 1. The molecule has 2 atom stereocenters. The van der Waals surface area contributed by atoms with Crippen LogP contribution in [0.2, 0.25) is 0 Å². The Morgan fingerprint density at radius 2 is 1.25 bits per heavy atom. The lowest BCUT2D eigenvalue weighted by Crippen LogP contribution is -2.43. The van der Waals surface area contributed by atoms with Crippen LogP contribution >= 0.6 is 22.7 Å². The van der Waals surface area contributed by atoms with Gasteiger partial charge in [0.1, 0.15) is 12.1 Å². The van der Waals surface area contributed by atoms with E-state index in [2.05, 4.69) is 15.3 Å². The van der Waals surface area contributed by atoms with Crippen molar-refractivity contribution in [2.45, 2.75) is 97.8 Å². The number of aryl methyl sites for hydroxylation is 2. The second kappa shape index (κ2) is 16.2. The summed E-state index contributed by atoms with van der Waals surface area (Å²) in [5.74, 6) is -2.02. The molecule has 2 saturated heterocycles. The summed E-state index contributed by atoms with van der Waals surface area (Å²) in [6, 6.07) is 10.6. The maximum atomic E-state index is 13.6. The zero-order valence-electron chi connectivity index (χ0n) is 30.0. The van der Waals surface area contributed by atoms with Gasteiger partial charge in [0.15, 0.2) is 15.8 Å². The third-order valence-electron chi connectivity index (χ3n) is 10.4. The van der Waals surface area contributed by atoms with E-state index in [9.17, 15) is 29.4 Å². The van der Waals surface area contributed by atoms with Gasteiger partial charge in [0.2, 0.25) is 0 Å². The maximum Gasteiger partial charge on any atom is 0.320 e. The van der Waals surface area contributed by atoms with E-state index in [4.69, 9.17) is 0 Å². The maximum absolute atomic E-state index is 13.6. The zero-order chi connectivity index (χ0) is 37.1. The molecule has 274 valence electrons. The number of benzene rings is 2. The van der Waals surface area contributed by atoms with Gasteiger partial charge in [-0.05, 0) is 100 Å². The van der Waals surface area contributed by atoms with Crippen molar-refractivity contribution in [3.63, 3.8) is 0 Å². The topological polar surface area (TPSA) is 153 Å². The van der Waals surface area contributed by atoms with Crippen LogP contribution < -0.4 is 5.32 Å². The van der Waals surface area contributed by atoms with Gasteiger partial charge >= 0.3 is 11.9 Å². The number of likely N-dealkylation sites (tertiary alicyclic amines) is 2. The minimum Gasteiger partial charge on any atom is -0.480 e. The molecule has 0 unspecified atom stereocenters. The van der Waals surface area contributed by atoms with E-state index in [0.717, 1.165) is 81.2 Å². The molecular weight excluding hydrogens is 699 g/mol. The number of amides is 1. The third-order valence-corrected chi connectivity index (χ3v) is 12.7. The fourth-order valence-corrected chi connectivity index (χ4v) is 9.32. The molecule has 0 spiro atoms. The number of carbonyl (C=O) groups is 4. The quantitative estimate of drug-likeness (QED) is 0.129. The first-order valence-electron chi connectivity index (χ1n) is 17.8. The van der Waals surface area contributed by atoms with Crippen LogP contribution in [0.4, 0.5) is 5.69 Å². The highest BCUT2D eigenvalue weighted by atomic mass is 32.1. The lowest BCUT2D eigenvalue weighted by molar-refractivity contribution is -0.145. The molecular formula is C39H45N5O6S2. The predicted molar refractivity (Wildman–Crippen MR) is 202 cm³/mol. The molecule has 4 aromatic rings. The summed E-state index contributed by atoms with van der Waals surface area (Å²) in [4.78, 5) is 65.6. The number of Topliss-reactive ketones (excluding diaryl/α,β-unsaturated/α-hetero) is 1. The SMILES string of the molecule is Cc1nc(C(=O)Cc2cccc(-c3cccc(NC(=O)c4nc(C)c(CN5CCCC[C@H]5C(=O)O)s4)c3C)c2C)sc1CN1CCCC[C@H]1C(=O)O. The largest absolute Gasteiger partial charge is 0.480 e. The van der Waals surface area contributed by atoms with Crippen molar-refractivity contribution >= 4 is 52.0 Å². The number of aromatic nitrogens is 2. The van der Waals surface area contributed by atoms with Crippen molar-refractivity contribution in [2.75, 3.05) is 18.4 Å². The van der Waals surface area contributed by atoms with Gasteiger partial charge < -0.3 is 15.5 Å². The van der Waals surface area contributed by atoms with E-state index in [-0.39, 0.29) is 18.1 Å². The summed E-state index contributed by atoms with van der Waals surface area (Å²) in [7, 11) is 0. The number of hydrogen-bond acceptors (Lipinski definition) is 10. The number of nitrogens with zero attached hydrogens (tertiary/aromatic N) is 4. The van der Waals surface area contributed by atoms with Crippen molar-refractivity contribution in [3.8, 4) is 11.1 Å².